The molecule has 2 aromatic carbocycles. The van der Waals surface area contributed by atoms with Gasteiger partial charge in [0.2, 0.25) is 0 Å². The Balaban J connectivity index is 1.91. The van der Waals surface area contributed by atoms with Crippen molar-refractivity contribution in [2.75, 3.05) is 5.75 Å². The highest BCUT2D eigenvalue weighted by Crippen LogP contribution is 2.38. The molecule has 0 radical (unpaired) electrons. The number of halogens is 2. The topological polar surface area (TPSA) is 24.4 Å². The maximum absolute atomic E-state index is 6.01. The first-order valence-corrected chi connectivity index (χ1v) is 9.00. The van der Waals surface area contributed by atoms with Crippen LogP contribution in [0.15, 0.2) is 66.2 Å². The zero-order valence-electron chi connectivity index (χ0n) is 12.4. The Labute approximate surface area is 150 Å². The van der Waals surface area contributed by atoms with Crippen LogP contribution in [-0.2, 0) is 0 Å². The molecular formula is C18H16Cl2N2S. The summed E-state index contributed by atoms with van der Waals surface area (Å²) in [6.45, 7) is 3.76. The molecule has 2 atom stereocenters. The van der Waals surface area contributed by atoms with Gasteiger partial charge in [-0.15, -0.1) is 6.58 Å². The highest BCUT2D eigenvalue weighted by atomic mass is 35.5. The van der Waals surface area contributed by atoms with Crippen molar-refractivity contribution in [1.29, 1.82) is 0 Å². The zero-order chi connectivity index (χ0) is 16.2. The van der Waals surface area contributed by atoms with Crippen LogP contribution in [0, 0.1) is 0 Å². The summed E-state index contributed by atoms with van der Waals surface area (Å²) in [5, 5.41) is 5.91. The van der Waals surface area contributed by atoms with Gasteiger partial charge in [0, 0.05) is 15.8 Å². The van der Waals surface area contributed by atoms with Gasteiger partial charge in [0.1, 0.15) is 6.04 Å². The van der Waals surface area contributed by atoms with Crippen molar-refractivity contribution in [3.8, 4) is 0 Å². The third kappa shape index (κ3) is 3.92. The minimum absolute atomic E-state index is 0.0146. The molecule has 118 valence electrons. The van der Waals surface area contributed by atoms with Gasteiger partial charge < -0.3 is 5.32 Å². The number of nitrogens with zero attached hydrogens (tertiary/aromatic N) is 1. The van der Waals surface area contributed by atoms with Crippen molar-refractivity contribution < 1.29 is 0 Å². The molecule has 2 aromatic rings. The van der Waals surface area contributed by atoms with E-state index in [2.05, 4.69) is 11.9 Å². The first-order chi connectivity index (χ1) is 11.2. The summed E-state index contributed by atoms with van der Waals surface area (Å²) in [4.78, 5) is 4.85. The molecule has 2 unspecified atom stereocenters. The Morgan fingerprint density at radius 2 is 1.57 bits per heavy atom. The van der Waals surface area contributed by atoms with Crippen LogP contribution in [-0.4, -0.2) is 10.9 Å². The summed E-state index contributed by atoms with van der Waals surface area (Å²) in [5.74, 6) is 0.826. The third-order valence-electron chi connectivity index (χ3n) is 3.63. The highest BCUT2D eigenvalue weighted by Gasteiger charge is 2.31. The van der Waals surface area contributed by atoms with Crippen LogP contribution in [0.4, 0.5) is 0 Å². The van der Waals surface area contributed by atoms with E-state index in [0.717, 1.165) is 32.1 Å². The fraction of sp³-hybridized carbons (Fsp3) is 0.167. The fourth-order valence-corrected chi connectivity index (χ4v) is 3.46. The number of rotatable bonds is 4. The molecule has 0 bridgehead atoms. The molecule has 0 amide bonds. The maximum Gasteiger partial charge on any atom is 0.158 e. The van der Waals surface area contributed by atoms with Gasteiger partial charge in [0.15, 0.2) is 5.17 Å². The summed E-state index contributed by atoms with van der Waals surface area (Å²) < 4.78 is 0. The summed E-state index contributed by atoms with van der Waals surface area (Å²) in [6, 6.07) is 15.9. The lowest BCUT2D eigenvalue weighted by atomic mass is 9.95. The Bertz CT molecular complexity index is 711. The third-order valence-corrected chi connectivity index (χ3v) is 5.03. The molecule has 0 saturated carbocycles. The number of thioether (sulfide) groups is 1. The largest absolute Gasteiger partial charge is 0.356 e. The lowest BCUT2D eigenvalue weighted by Crippen LogP contribution is -2.22. The van der Waals surface area contributed by atoms with Crippen molar-refractivity contribution in [2.24, 2.45) is 4.99 Å². The summed E-state index contributed by atoms with van der Waals surface area (Å²) in [5.41, 5.74) is 2.29. The molecule has 0 saturated heterocycles. The van der Waals surface area contributed by atoms with Gasteiger partial charge in [0.25, 0.3) is 0 Å². The van der Waals surface area contributed by atoms with Crippen LogP contribution in [0.3, 0.4) is 0 Å². The van der Waals surface area contributed by atoms with E-state index in [1.165, 1.54) is 0 Å². The van der Waals surface area contributed by atoms with E-state index in [1.54, 1.807) is 11.8 Å². The maximum atomic E-state index is 6.01. The van der Waals surface area contributed by atoms with Gasteiger partial charge >= 0.3 is 0 Å². The molecule has 0 fully saturated rings. The second kappa shape index (κ2) is 7.43. The van der Waals surface area contributed by atoms with E-state index in [9.17, 15) is 0 Å². The minimum atomic E-state index is 0.0146. The molecular weight excluding hydrogens is 347 g/mol. The molecule has 3 rings (SSSR count). The SMILES string of the molecule is C=CCSC1=NC(c2ccc(Cl)cc2)C(c2ccc(Cl)cc2)N1. The van der Waals surface area contributed by atoms with Crippen molar-refractivity contribution >= 4 is 40.1 Å². The number of nitrogens with one attached hydrogen (secondary N) is 1. The average Bonchev–Trinajstić information content (AvgIpc) is 2.98. The molecule has 1 aliphatic rings. The molecule has 23 heavy (non-hydrogen) atoms. The first-order valence-electron chi connectivity index (χ1n) is 7.26. The minimum Gasteiger partial charge on any atom is -0.356 e. The van der Waals surface area contributed by atoms with Crippen LogP contribution in [0.25, 0.3) is 0 Å². The van der Waals surface area contributed by atoms with Crippen LogP contribution < -0.4 is 5.32 Å². The van der Waals surface area contributed by atoms with Gasteiger partial charge in [-0.05, 0) is 35.4 Å². The Morgan fingerprint density at radius 3 is 2.13 bits per heavy atom. The van der Waals surface area contributed by atoms with Crippen molar-refractivity contribution in [3.63, 3.8) is 0 Å². The number of benzene rings is 2. The average molecular weight is 363 g/mol. The number of aliphatic imine (C=N–C) groups is 1. The van der Waals surface area contributed by atoms with Gasteiger partial charge in [-0.25, -0.2) is 0 Å². The van der Waals surface area contributed by atoms with E-state index < -0.39 is 0 Å². The van der Waals surface area contributed by atoms with Gasteiger partial charge in [-0.3, -0.25) is 4.99 Å². The lowest BCUT2D eigenvalue weighted by molar-refractivity contribution is 0.573. The smallest absolute Gasteiger partial charge is 0.158 e. The predicted molar refractivity (Wildman–Crippen MR) is 102 cm³/mol. The van der Waals surface area contributed by atoms with Gasteiger partial charge in [-0.1, -0.05) is 65.3 Å². The second-order valence-electron chi connectivity index (χ2n) is 5.20. The summed E-state index contributed by atoms with van der Waals surface area (Å²) in [7, 11) is 0. The molecule has 1 N–H and O–H groups in total. The number of amidine groups is 1. The van der Waals surface area contributed by atoms with Crippen LogP contribution in [0.2, 0.25) is 10.0 Å². The molecule has 2 nitrogen and oxygen atoms in total. The van der Waals surface area contributed by atoms with Gasteiger partial charge in [-0.2, -0.15) is 0 Å². The number of hydrogen-bond donors (Lipinski definition) is 1. The molecule has 0 aromatic heterocycles. The molecule has 0 aliphatic carbocycles. The quantitative estimate of drug-likeness (QED) is 0.710. The van der Waals surface area contributed by atoms with E-state index in [-0.39, 0.29) is 12.1 Å². The summed E-state index contributed by atoms with van der Waals surface area (Å²) >= 11 is 13.7. The van der Waals surface area contributed by atoms with Crippen molar-refractivity contribution in [1.82, 2.24) is 5.32 Å². The van der Waals surface area contributed by atoms with E-state index in [0.29, 0.717) is 0 Å². The van der Waals surface area contributed by atoms with Crippen molar-refractivity contribution in [3.05, 3.63) is 82.4 Å². The van der Waals surface area contributed by atoms with E-state index in [4.69, 9.17) is 28.2 Å². The highest BCUT2D eigenvalue weighted by molar-refractivity contribution is 8.13. The van der Waals surface area contributed by atoms with Crippen LogP contribution >= 0.6 is 35.0 Å². The Kier molecular flexibility index (Phi) is 5.31. The number of hydrogen-bond acceptors (Lipinski definition) is 3. The molecule has 1 aliphatic heterocycles. The van der Waals surface area contributed by atoms with Crippen molar-refractivity contribution in [2.45, 2.75) is 12.1 Å². The normalized spacial score (nSPS) is 20.0. The monoisotopic (exact) mass is 362 g/mol. The van der Waals surface area contributed by atoms with Gasteiger partial charge in [0.05, 0.1) is 6.04 Å². The Morgan fingerprint density at radius 1 is 1.00 bits per heavy atom. The fourth-order valence-electron chi connectivity index (χ4n) is 2.53. The molecule has 1 heterocycles. The van der Waals surface area contributed by atoms with Crippen LogP contribution in [0.5, 0.6) is 0 Å². The summed E-state index contributed by atoms with van der Waals surface area (Å²) in [6.07, 6.45) is 1.88. The standard InChI is InChI=1S/C18H16Cl2N2S/c1-2-11-23-18-21-16(12-3-7-14(19)8-4-12)17(22-18)13-5-9-15(20)10-6-13/h2-10,16-17H,1,11H2,(H,21,22). The first kappa shape index (κ1) is 16.4. The second-order valence-corrected chi connectivity index (χ2v) is 7.09. The van der Waals surface area contributed by atoms with Crippen LogP contribution in [0.1, 0.15) is 23.2 Å². The van der Waals surface area contributed by atoms with E-state index in [1.807, 2.05) is 54.6 Å². The van der Waals surface area contributed by atoms with E-state index >= 15 is 0 Å². The zero-order valence-corrected chi connectivity index (χ0v) is 14.7. The lowest BCUT2D eigenvalue weighted by Gasteiger charge is -2.19. The Hall–Kier alpha value is -1.42. The molecule has 0 spiro atoms. The molecule has 5 heteroatoms. The predicted octanol–water partition coefficient (Wildman–Crippen LogP) is 5.65.